The van der Waals surface area contributed by atoms with Crippen LogP contribution in [0.25, 0.3) is 0 Å². The van der Waals surface area contributed by atoms with E-state index in [1.807, 2.05) is 32.8 Å². The number of esters is 1. The number of aliphatic hydroxyl groups excluding tert-OH is 2. The van der Waals surface area contributed by atoms with Crippen molar-refractivity contribution >= 4 is 18.0 Å². The Labute approximate surface area is 261 Å². The lowest BCUT2D eigenvalue weighted by molar-refractivity contribution is -0.301. The van der Waals surface area contributed by atoms with Gasteiger partial charge in [0.05, 0.1) is 35.7 Å². The molecule has 14 atom stereocenters. The fraction of sp³-hybridized carbons (Fsp3) is 0.903. The molecule has 0 saturated carbocycles. The molecule has 3 N–H and O–H groups in total. The van der Waals surface area contributed by atoms with Gasteiger partial charge in [-0.3, -0.25) is 9.59 Å². The minimum Gasteiger partial charge on any atom is -0.458 e. The molecular formula is C31H54N2O11. The van der Waals surface area contributed by atoms with Crippen LogP contribution in [0.1, 0.15) is 74.7 Å². The molecule has 3 aliphatic heterocycles. The molecule has 13 heteroatoms. The lowest BCUT2D eigenvalue weighted by Crippen LogP contribution is -2.60. The number of carbonyl (C=O) groups is 3. The first-order chi connectivity index (χ1) is 20.4. The minimum atomic E-state index is -1.45. The van der Waals surface area contributed by atoms with Crippen LogP contribution < -0.4 is 5.32 Å². The molecule has 0 radical (unpaired) electrons. The van der Waals surface area contributed by atoms with E-state index in [0.717, 1.165) is 0 Å². The van der Waals surface area contributed by atoms with Gasteiger partial charge in [0.2, 0.25) is 5.91 Å². The van der Waals surface area contributed by atoms with E-state index in [1.165, 1.54) is 7.11 Å². The zero-order valence-corrected chi connectivity index (χ0v) is 28.1. The molecule has 44 heavy (non-hydrogen) atoms. The molecule has 0 bridgehead atoms. The summed E-state index contributed by atoms with van der Waals surface area (Å²) in [5, 5.41) is 25.9. The van der Waals surface area contributed by atoms with E-state index in [9.17, 15) is 24.6 Å². The molecule has 3 saturated heterocycles. The first-order valence-electron chi connectivity index (χ1n) is 15.7. The summed E-state index contributed by atoms with van der Waals surface area (Å²) in [7, 11) is 5.26. The summed E-state index contributed by atoms with van der Waals surface area (Å²) in [4.78, 5) is 41.3. The normalized spacial score (nSPS) is 46.2. The quantitative estimate of drug-likeness (QED) is 0.380. The number of ether oxygens (including phenoxy) is 6. The Balaban J connectivity index is 2.06. The summed E-state index contributed by atoms with van der Waals surface area (Å²) < 4.78 is 35.6. The molecule has 0 aromatic carbocycles. The van der Waals surface area contributed by atoms with Crippen molar-refractivity contribution in [2.24, 2.45) is 17.8 Å². The van der Waals surface area contributed by atoms with Crippen LogP contribution >= 0.6 is 0 Å². The summed E-state index contributed by atoms with van der Waals surface area (Å²) in [6.45, 7) is 13.8. The molecule has 0 unspecified atom stereocenters. The van der Waals surface area contributed by atoms with Crippen LogP contribution in [0.2, 0.25) is 0 Å². The fourth-order valence-electron chi connectivity index (χ4n) is 7.07. The van der Waals surface area contributed by atoms with Gasteiger partial charge in [0, 0.05) is 25.1 Å². The van der Waals surface area contributed by atoms with E-state index in [0.29, 0.717) is 6.42 Å². The molecular weight excluding hydrogens is 576 g/mol. The Morgan fingerprint density at radius 2 is 1.64 bits per heavy atom. The number of likely N-dealkylation sites (N-methyl/N-ethyl adjacent to an activating group) is 1. The Hall–Kier alpha value is -2.03. The maximum absolute atomic E-state index is 13.5. The van der Waals surface area contributed by atoms with Gasteiger partial charge in [-0.2, -0.15) is 0 Å². The highest BCUT2D eigenvalue weighted by Gasteiger charge is 2.58. The lowest BCUT2D eigenvalue weighted by atomic mass is 9.79. The number of nitrogens with one attached hydrogen (secondary N) is 1. The summed E-state index contributed by atoms with van der Waals surface area (Å²) >= 11 is 0. The Bertz CT molecular complexity index is 1030. The Morgan fingerprint density at radius 3 is 2.20 bits per heavy atom. The minimum absolute atomic E-state index is 0.219. The molecule has 3 fully saturated rings. The van der Waals surface area contributed by atoms with Crippen LogP contribution in [0, 0.1) is 17.8 Å². The van der Waals surface area contributed by atoms with Crippen molar-refractivity contribution in [3.05, 3.63) is 0 Å². The molecule has 3 aliphatic rings. The van der Waals surface area contributed by atoms with Crippen molar-refractivity contribution in [2.45, 2.75) is 141 Å². The smallest absolute Gasteiger partial charge is 0.458 e. The van der Waals surface area contributed by atoms with Crippen LogP contribution in [-0.4, -0.2) is 121 Å². The average Bonchev–Trinajstić information content (AvgIpc) is 3.27. The Kier molecular flexibility index (Phi) is 11.7. The second-order valence-electron chi connectivity index (χ2n) is 13.6. The zero-order valence-electron chi connectivity index (χ0n) is 28.1. The number of carbonyl (C=O) groups excluding carboxylic acids is 3. The van der Waals surface area contributed by atoms with Crippen molar-refractivity contribution in [1.82, 2.24) is 10.2 Å². The first-order valence-corrected chi connectivity index (χ1v) is 15.7. The van der Waals surface area contributed by atoms with Gasteiger partial charge in [0.1, 0.15) is 12.2 Å². The van der Waals surface area contributed by atoms with Crippen molar-refractivity contribution in [2.75, 3.05) is 21.2 Å². The van der Waals surface area contributed by atoms with E-state index in [2.05, 4.69) is 5.32 Å². The third kappa shape index (κ3) is 7.33. The molecule has 1 amide bonds. The van der Waals surface area contributed by atoms with Crippen molar-refractivity contribution in [3.63, 3.8) is 0 Å². The van der Waals surface area contributed by atoms with Gasteiger partial charge in [-0.1, -0.05) is 13.8 Å². The standard InChI is InChI=1S/C31H54N2O11/c1-12-21-31(8)25(43-29(38)44-31)19(6)26(36)32-15(2)14-30(7,39-11)24(17(4)22(34)18(5)27(37)41-21)42-28-23(35)20(33(9)10)13-16(3)40-28/h15-25,28,34-35H,12-14H2,1-11H3,(H,32,36)/t15-,16-,17+,18-,19-,20+,21-,22+,23-,24-,25-,28+,30-,31-/m1/s1. The highest BCUT2D eigenvalue weighted by molar-refractivity contribution is 5.80. The first kappa shape index (κ1) is 36.4. The number of aliphatic hydroxyl groups is 2. The number of hydrogen-bond acceptors (Lipinski definition) is 12. The third-order valence-electron chi connectivity index (χ3n) is 9.85. The van der Waals surface area contributed by atoms with Crippen LogP contribution in [0.3, 0.4) is 0 Å². The highest BCUT2D eigenvalue weighted by Crippen LogP contribution is 2.40. The molecule has 3 rings (SSSR count). The molecule has 254 valence electrons. The Morgan fingerprint density at radius 1 is 1.00 bits per heavy atom. The van der Waals surface area contributed by atoms with Crippen molar-refractivity contribution in [1.29, 1.82) is 0 Å². The van der Waals surface area contributed by atoms with E-state index in [-0.39, 0.29) is 25.0 Å². The van der Waals surface area contributed by atoms with E-state index in [4.69, 9.17) is 28.4 Å². The van der Waals surface area contributed by atoms with Crippen molar-refractivity contribution in [3.8, 4) is 0 Å². The number of methoxy groups -OCH3 is 1. The van der Waals surface area contributed by atoms with Crippen LogP contribution in [-0.2, 0) is 38.0 Å². The second-order valence-corrected chi connectivity index (χ2v) is 13.6. The molecule has 3 heterocycles. The van der Waals surface area contributed by atoms with Gasteiger partial charge in [0.25, 0.3) is 0 Å². The molecule has 13 nitrogen and oxygen atoms in total. The van der Waals surface area contributed by atoms with E-state index < -0.39 is 89.8 Å². The SMILES string of the molecule is CC[C@H]1OC(=O)[C@H](C)[C@@H](O)[C@H](C)[C@@H](O[C@@H]2O[C@H](C)C[C@H](N(C)C)[C@H]2O)[C@](C)(OC)C[C@@H](C)NC(=O)[C@H](C)[C@H]2OC(=O)O[C@@]21C. The van der Waals surface area contributed by atoms with Gasteiger partial charge in [-0.05, 0) is 74.9 Å². The second kappa shape index (κ2) is 14.2. The molecule has 0 aromatic heterocycles. The number of nitrogens with zero attached hydrogens (tertiary/aromatic N) is 1. The average molecular weight is 631 g/mol. The van der Waals surface area contributed by atoms with Crippen LogP contribution in [0.4, 0.5) is 4.79 Å². The molecule has 0 spiro atoms. The molecule has 0 aliphatic carbocycles. The summed E-state index contributed by atoms with van der Waals surface area (Å²) in [6, 6.07) is -0.709. The number of cyclic esters (lactones) is 1. The van der Waals surface area contributed by atoms with E-state index in [1.54, 1.807) is 41.5 Å². The summed E-state index contributed by atoms with van der Waals surface area (Å²) in [5.74, 6) is -3.74. The highest BCUT2D eigenvalue weighted by atomic mass is 16.8. The van der Waals surface area contributed by atoms with Gasteiger partial charge in [-0.25, -0.2) is 4.79 Å². The summed E-state index contributed by atoms with van der Waals surface area (Å²) in [5.41, 5.74) is -2.58. The van der Waals surface area contributed by atoms with Gasteiger partial charge >= 0.3 is 12.1 Å². The van der Waals surface area contributed by atoms with Gasteiger partial charge in [0.15, 0.2) is 18.0 Å². The fourth-order valence-corrected chi connectivity index (χ4v) is 7.07. The van der Waals surface area contributed by atoms with Crippen LogP contribution in [0.5, 0.6) is 0 Å². The van der Waals surface area contributed by atoms with Crippen LogP contribution in [0.15, 0.2) is 0 Å². The number of hydrogen-bond donors (Lipinski definition) is 3. The molecule has 0 aromatic rings. The van der Waals surface area contributed by atoms with Gasteiger partial charge in [-0.15, -0.1) is 0 Å². The zero-order chi connectivity index (χ0) is 33.3. The lowest BCUT2D eigenvalue weighted by Gasteiger charge is -2.47. The maximum atomic E-state index is 13.5. The number of amides is 1. The predicted molar refractivity (Wildman–Crippen MR) is 158 cm³/mol. The third-order valence-corrected chi connectivity index (χ3v) is 9.85. The van der Waals surface area contributed by atoms with Crippen molar-refractivity contribution < 1.29 is 53.0 Å². The maximum Gasteiger partial charge on any atom is 0.509 e. The topological polar surface area (TPSA) is 162 Å². The van der Waals surface area contributed by atoms with Gasteiger partial charge < -0.3 is 48.9 Å². The number of rotatable bonds is 5. The predicted octanol–water partition coefficient (Wildman–Crippen LogP) is 2.00. The van der Waals surface area contributed by atoms with E-state index >= 15 is 0 Å². The summed E-state index contributed by atoms with van der Waals surface area (Å²) in [6.07, 6.45) is -6.32. The number of fused-ring (bicyclic) bond motifs is 1. The largest absolute Gasteiger partial charge is 0.509 e. The monoisotopic (exact) mass is 630 g/mol.